The van der Waals surface area contributed by atoms with Crippen LogP contribution >= 0.6 is 0 Å². The number of methoxy groups -OCH3 is 4. The fourth-order valence-corrected chi connectivity index (χ4v) is 8.06. The lowest BCUT2D eigenvalue weighted by Crippen LogP contribution is -2.55. The van der Waals surface area contributed by atoms with Crippen molar-refractivity contribution in [1.29, 1.82) is 0 Å². The first kappa shape index (κ1) is 37.8. The van der Waals surface area contributed by atoms with Gasteiger partial charge in [0.25, 0.3) is 5.91 Å². The maximum Gasteiger partial charge on any atom is 0.341 e. The van der Waals surface area contributed by atoms with E-state index in [2.05, 4.69) is 15.8 Å². The minimum Gasteiger partial charge on any atom is -0.494 e. The zero-order valence-corrected chi connectivity index (χ0v) is 31.5. The average molecular weight is 760 g/mol. The molecule has 0 bridgehead atoms. The molecule has 1 saturated carbocycles. The van der Waals surface area contributed by atoms with Crippen molar-refractivity contribution < 1.29 is 42.8 Å². The van der Waals surface area contributed by atoms with Crippen molar-refractivity contribution in [2.45, 2.75) is 50.9 Å². The van der Waals surface area contributed by atoms with Gasteiger partial charge in [0.1, 0.15) is 28.9 Å². The number of benzene rings is 3. The molecule has 2 saturated heterocycles. The highest BCUT2D eigenvalue weighted by Crippen LogP contribution is 2.46. The molecule has 292 valence electrons. The number of fused-ring (bicyclic) bond motifs is 2. The van der Waals surface area contributed by atoms with Crippen molar-refractivity contribution in [2.75, 3.05) is 59.6 Å². The molecule has 0 spiro atoms. The van der Waals surface area contributed by atoms with E-state index in [9.17, 15) is 19.5 Å². The first-order valence-electron chi connectivity index (χ1n) is 18.3. The highest BCUT2D eigenvalue weighted by molar-refractivity contribution is 5.95. The van der Waals surface area contributed by atoms with Crippen LogP contribution < -0.4 is 44.9 Å². The summed E-state index contributed by atoms with van der Waals surface area (Å²) in [5.74, 6) is -0.408. The molecule has 7 rings (SSSR count). The number of nitrogens with zero attached hydrogens (tertiary/aromatic N) is 3. The van der Waals surface area contributed by atoms with Crippen LogP contribution in [-0.2, 0) is 4.79 Å². The van der Waals surface area contributed by atoms with Crippen LogP contribution in [-0.4, -0.2) is 87.2 Å². The molecule has 3 aliphatic rings. The monoisotopic (exact) mass is 759 g/mol. The number of halogens is 1. The number of hydrazine groups is 1. The molecule has 1 aromatic heterocycles. The smallest absolute Gasteiger partial charge is 0.341 e. The standard InChI is InChI=1S/C40H46FN5O9/c1-22-9-6-7-11-29(22)55-21-33(47)42-43-39(24-15-31(52-3)38(54-5)32(16-24)53-4)45-14-8-10-23-18-44(20-28(23)45)36-30(51-2)17-27-34(35(36)41)37(48)26(40(49)50)19-46(27)25-12-13-25/h6-7,9,11,15-17,19,23,25,28,39,43H,8,10,12-14,18,20-21H2,1-5H3,(H,42,47)(H,49,50). The molecular formula is C40H46FN5O9. The third-order valence-corrected chi connectivity index (χ3v) is 10.9. The van der Waals surface area contributed by atoms with E-state index in [1.54, 1.807) is 16.7 Å². The number of carboxylic acids is 1. The number of aromatic carboxylic acids is 1. The van der Waals surface area contributed by atoms with Crippen LogP contribution in [0.5, 0.6) is 28.7 Å². The third-order valence-electron chi connectivity index (χ3n) is 10.9. The van der Waals surface area contributed by atoms with E-state index >= 15 is 4.39 Å². The number of aromatic nitrogens is 1. The van der Waals surface area contributed by atoms with E-state index < -0.39 is 34.9 Å². The van der Waals surface area contributed by atoms with Gasteiger partial charge in [0.2, 0.25) is 11.2 Å². The summed E-state index contributed by atoms with van der Waals surface area (Å²) in [4.78, 5) is 43.0. The maximum atomic E-state index is 17.0. The van der Waals surface area contributed by atoms with Crippen molar-refractivity contribution >= 4 is 28.5 Å². The third kappa shape index (κ3) is 7.21. The number of anilines is 1. The molecule has 3 unspecified atom stereocenters. The Morgan fingerprint density at radius 2 is 1.65 bits per heavy atom. The lowest BCUT2D eigenvalue weighted by atomic mass is 9.91. The van der Waals surface area contributed by atoms with Crippen molar-refractivity contribution in [3.63, 3.8) is 0 Å². The molecular weight excluding hydrogens is 713 g/mol. The Balaban J connectivity index is 1.23. The number of amides is 1. The normalized spacial score (nSPS) is 18.8. The van der Waals surface area contributed by atoms with Gasteiger partial charge in [-0.2, -0.15) is 0 Å². The van der Waals surface area contributed by atoms with Gasteiger partial charge >= 0.3 is 5.97 Å². The summed E-state index contributed by atoms with van der Waals surface area (Å²) in [5.41, 5.74) is 6.78. The molecule has 1 aliphatic carbocycles. The fourth-order valence-electron chi connectivity index (χ4n) is 8.06. The summed E-state index contributed by atoms with van der Waals surface area (Å²) >= 11 is 0. The molecule has 15 heteroatoms. The number of hydrogen-bond donors (Lipinski definition) is 3. The minimum atomic E-state index is -1.40. The number of carboxylic acid groups (broad SMARTS) is 1. The zero-order valence-electron chi connectivity index (χ0n) is 31.5. The molecule has 3 N–H and O–H groups in total. The number of pyridine rings is 1. The number of nitrogens with one attached hydrogen (secondary N) is 2. The highest BCUT2D eigenvalue weighted by Gasteiger charge is 2.44. The van der Waals surface area contributed by atoms with Gasteiger partial charge in [-0.25, -0.2) is 14.6 Å². The second-order valence-electron chi connectivity index (χ2n) is 14.2. The molecule has 3 aromatic carbocycles. The molecule has 3 atom stereocenters. The topological polar surface area (TPSA) is 153 Å². The Morgan fingerprint density at radius 1 is 0.945 bits per heavy atom. The predicted molar refractivity (Wildman–Crippen MR) is 202 cm³/mol. The Hall–Kier alpha value is -5.54. The predicted octanol–water partition coefficient (Wildman–Crippen LogP) is 4.82. The van der Waals surface area contributed by atoms with Crippen molar-refractivity contribution in [1.82, 2.24) is 20.3 Å². The van der Waals surface area contributed by atoms with Crippen LogP contribution in [0.1, 0.15) is 59.4 Å². The van der Waals surface area contributed by atoms with Gasteiger partial charge in [-0.1, -0.05) is 18.2 Å². The Morgan fingerprint density at radius 3 is 2.29 bits per heavy atom. The number of rotatable bonds is 14. The van der Waals surface area contributed by atoms with Crippen LogP contribution in [0.15, 0.2) is 53.5 Å². The second-order valence-corrected chi connectivity index (χ2v) is 14.2. The van der Waals surface area contributed by atoms with Gasteiger partial charge in [0.05, 0.1) is 39.3 Å². The van der Waals surface area contributed by atoms with Gasteiger partial charge in [0, 0.05) is 44.0 Å². The Labute approximate surface area is 317 Å². The first-order chi connectivity index (χ1) is 26.6. The molecule has 1 amide bonds. The number of hydrogen-bond acceptors (Lipinski definition) is 11. The molecule has 3 heterocycles. The number of aryl methyl sites for hydroxylation is 1. The number of carbonyl (C=O) groups excluding carboxylic acids is 1. The highest BCUT2D eigenvalue weighted by atomic mass is 19.1. The SMILES string of the molecule is COc1cc(C(NNC(=O)COc2ccccc2C)N2CCCC3CN(c4c(OC)cc5c(c4F)c(=O)c(C(=O)O)cn5C4CC4)CC32)cc(OC)c1OC. The Kier molecular flexibility index (Phi) is 10.8. The van der Waals surface area contributed by atoms with Crippen LogP contribution in [0.3, 0.4) is 0 Å². The van der Waals surface area contributed by atoms with Gasteiger partial charge in [-0.3, -0.25) is 19.9 Å². The molecule has 0 radical (unpaired) electrons. The van der Waals surface area contributed by atoms with E-state index in [1.807, 2.05) is 42.2 Å². The van der Waals surface area contributed by atoms with Gasteiger partial charge in [0.15, 0.2) is 23.9 Å². The molecule has 14 nitrogen and oxygen atoms in total. The summed E-state index contributed by atoms with van der Waals surface area (Å²) in [6.07, 6.45) is 3.97. The quantitative estimate of drug-likeness (QED) is 0.151. The van der Waals surface area contributed by atoms with E-state index in [4.69, 9.17) is 23.7 Å². The number of ether oxygens (including phenoxy) is 5. The molecule has 4 aromatic rings. The van der Waals surface area contributed by atoms with Gasteiger partial charge in [-0.15, -0.1) is 0 Å². The van der Waals surface area contributed by atoms with Crippen molar-refractivity contribution in [2.24, 2.45) is 5.92 Å². The molecule has 55 heavy (non-hydrogen) atoms. The van der Waals surface area contributed by atoms with Crippen LogP contribution in [0, 0.1) is 18.7 Å². The average Bonchev–Trinajstić information content (AvgIpc) is 3.94. The molecule has 2 aliphatic heterocycles. The Bertz CT molecular complexity index is 2150. The first-order valence-corrected chi connectivity index (χ1v) is 18.3. The van der Waals surface area contributed by atoms with Gasteiger partial charge < -0.3 is 38.3 Å². The van der Waals surface area contributed by atoms with Crippen molar-refractivity contribution in [3.8, 4) is 28.7 Å². The van der Waals surface area contributed by atoms with E-state index in [1.165, 1.54) is 34.6 Å². The van der Waals surface area contributed by atoms with E-state index in [0.717, 1.165) is 31.2 Å². The number of likely N-dealkylation sites (tertiary alicyclic amines) is 1. The summed E-state index contributed by atoms with van der Waals surface area (Å²) < 4.78 is 47.2. The number of carbonyl (C=O) groups is 2. The van der Waals surface area contributed by atoms with Crippen LogP contribution in [0.4, 0.5) is 10.1 Å². The molecule has 3 fully saturated rings. The van der Waals surface area contributed by atoms with E-state index in [0.29, 0.717) is 53.7 Å². The zero-order chi connectivity index (χ0) is 39.0. The summed E-state index contributed by atoms with van der Waals surface area (Å²) in [6, 6.07) is 12.6. The van der Waals surface area contributed by atoms with Crippen LogP contribution in [0.25, 0.3) is 10.9 Å². The lowest BCUT2D eigenvalue weighted by Gasteiger charge is -2.42. The largest absolute Gasteiger partial charge is 0.494 e. The lowest BCUT2D eigenvalue weighted by molar-refractivity contribution is -0.125. The maximum absolute atomic E-state index is 17.0. The summed E-state index contributed by atoms with van der Waals surface area (Å²) in [7, 11) is 6.05. The number of para-hydroxylation sites is 1. The number of piperidine rings is 1. The van der Waals surface area contributed by atoms with Crippen LogP contribution in [0.2, 0.25) is 0 Å². The fraction of sp³-hybridized carbons (Fsp3) is 0.425. The summed E-state index contributed by atoms with van der Waals surface area (Å²) in [5, 5.41) is 9.61. The summed E-state index contributed by atoms with van der Waals surface area (Å²) in [6.45, 7) is 3.11. The second kappa shape index (κ2) is 15.7. The van der Waals surface area contributed by atoms with Gasteiger partial charge in [-0.05, 0) is 67.9 Å². The van der Waals surface area contributed by atoms with Crippen molar-refractivity contribution in [3.05, 3.63) is 81.4 Å². The minimum absolute atomic E-state index is 0.0199. The van der Waals surface area contributed by atoms with E-state index in [-0.39, 0.29) is 41.4 Å².